The average molecular weight is 741 g/mol. The molecule has 5 unspecified atom stereocenters. The monoisotopic (exact) mass is 741 g/mol. The molecular weight excluding hydrogens is 660 g/mol. The highest BCUT2D eigenvalue weighted by Crippen LogP contribution is 2.18. The Balaban J connectivity index is 4.77. The van der Waals surface area contributed by atoms with Crippen LogP contribution in [0.2, 0.25) is 0 Å². The van der Waals surface area contributed by atoms with E-state index in [2.05, 4.69) is 24.5 Å². The van der Waals surface area contributed by atoms with E-state index in [4.69, 9.17) is 4.74 Å². The van der Waals surface area contributed by atoms with Crippen LogP contribution in [0.1, 0.15) is 214 Å². The van der Waals surface area contributed by atoms with Gasteiger partial charge in [0.25, 0.3) is 0 Å². The largest absolute Gasteiger partial charge is 0.480 e. The van der Waals surface area contributed by atoms with Crippen molar-refractivity contribution < 1.29 is 39.2 Å². The minimum atomic E-state index is -1.60. The molecule has 0 aromatic carbocycles. The summed E-state index contributed by atoms with van der Waals surface area (Å²) in [6.45, 7) is 7.02. The van der Waals surface area contributed by atoms with Crippen LogP contribution >= 0.6 is 0 Å². The smallest absolute Gasteiger partial charge is 0.328 e. The summed E-state index contributed by atoms with van der Waals surface area (Å²) < 4.78 is 5.79. The maximum Gasteiger partial charge on any atom is 0.328 e. The van der Waals surface area contributed by atoms with Crippen molar-refractivity contribution in [2.45, 2.75) is 244 Å². The van der Waals surface area contributed by atoms with Gasteiger partial charge >= 0.3 is 11.9 Å². The number of ether oxygens (including phenoxy) is 1. The van der Waals surface area contributed by atoms with Gasteiger partial charge in [0.05, 0.1) is 18.6 Å². The number of nitrogens with one attached hydrogen (secondary N) is 2. The van der Waals surface area contributed by atoms with Crippen molar-refractivity contribution in [1.29, 1.82) is 0 Å². The molecule has 0 aromatic rings. The lowest BCUT2D eigenvalue weighted by Gasteiger charge is -2.25. The van der Waals surface area contributed by atoms with Crippen LogP contribution < -0.4 is 10.6 Å². The molecule has 0 radical (unpaired) electrons. The second-order valence-corrected chi connectivity index (χ2v) is 15.2. The first kappa shape index (κ1) is 49.8. The van der Waals surface area contributed by atoms with Crippen LogP contribution in [0.5, 0.6) is 0 Å². The van der Waals surface area contributed by atoms with E-state index in [-0.39, 0.29) is 12.4 Å². The van der Waals surface area contributed by atoms with Crippen LogP contribution in [0, 0.1) is 0 Å². The van der Waals surface area contributed by atoms with Gasteiger partial charge in [-0.2, -0.15) is 0 Å². The number of unbranched alkanes of at least 4 members (excludes halogenated alkanes) is 24. The van der Waals surface area contributed by atoms with Crippen LogP contribution in [-0.2, 0) is 23.9 Å². The summed E-state index contributed by atoms with van der Waals surface area (Å²) in [7, 11) is 0. The number of aliphatic hydroxyl groups excluding tert-OH is 2. The van der Waals surface area contributed by atoms with Crippen molar-refractivity contribution in [2.24, 2.45) is 0 Å². The minimum Gasteiger partial charge on any atom is -0.480 e. The molecule has 10 nitrogen and oxygen atoms in total. The minimum absolute atomic E-state index is 0.169. The fourth-order valence-corrected chi connectivity index (χ4v) is 6.60. The number of amides is 2. The van der Waals surface area contributed by atoms with Crippen LogP contribution in [0.25, 0.3) is 0 Å². The molecule has 0 spiro atoms. The van der Waals surface area contributed by atoms with Gasteiger partial charge in [0.1, 0.15) is 12.1 Å². The number of hydrogen-bond donors (Lipinski definition) is 5. The second kappa shape index (κ2) is 34.6. The molecule has 5 N–H and O–H groups in total. The highest BCUT2D eigenvalue weighted by molar-refractivity contribution is 5.91. The Morgan fingerprint density at radius 2 is 0.885 bits per heavy atom. The van der Waals surface area contributed by atoms with Gasteiger partial charge in [-0.1, -0.05) is 168 Å². The fraction of sp³-hybridized carbons (Fsp3) is 0.905. The quantitative estimate of drug-likeness (QED) is 0.0311. The van der Waals surface area contributed by atoms with Crippen molar-refractivity contribution in [2.75, 3.05) is 0 Å². The van der Waals surface area contributed by atoms with Gasteiger partial charge in [0.2, 0.25) is 11.8 Å². The standard InChI is InChI=1S/C42H80N2O8/c1-5-7-9-11-13-15-17-19-21-23-25-27-29-31-36(33-37(47)43-39(34(3)45)41(49)44-40(35(4)46)42(50)51)52-38(48)32-30-28-26-24-22-20-18-16-14-12-10-8-6-2/h34-36,39-40,45-46H,5-33H2,1-4H3,(H,43,47)(H,44,49)(H,50,51). The Labute approximate surface area is 317 Å². The summed E-state index contributed by atoms with van der Waals surface area (Å²) in [6.07, 6.45) is 28.8. The van der Waals surface area contributed by atoms with Crippen LogP contribution in [0.15, 0.2) is 0 Å². The molecule has 0 aliphatic heterocycles. The second-order valence-electron chi connectivity index (χ2n) is 15.2. The van der Waals surface area contributed by atoms with E-state index < -0.39 is 48.2 Å². The molecule has 52 heavy (non-hydrogen) atoms. The fourth-order valence-electron chi connectivity index (χ4n) is 6.60. The zero-order chi connectivity index (χ0) is 38.8. The lowest BCUT2D eigenvalue weighted by molar-refractivity contribution is -0.151. The first-order chi connectivity index (χ1) is 25.0. The molecule has 5 atom stereocenters. The zero-order valence-electron chi connectivity index (χ0n) is 33.8. The van der Waals surface area contributed by atoms with Crippen molar-refractivity contribution in [3.05, 3.63) is 0 Å². The predicted octanol–water partition coefficient (Wildman–Crippen LogP) is 9.07. The number of carboxylic acid groups (broad SMARTS) is 1. The Kier molecular flexibility index (Phi) is 33.1. The average Bonchev–Trinajstić information content (AvgIpc) is 3.09. The van der Waals surface area contributed by atoms with Crippen LogP contribution in [0.4, 0.5) is 0 Å². The summed E-state index contributed by atoms with van der Waals surface area (Å²) in [5.74, 6) is -3.28. The third-order valence-electron chi connectivity index (χ3n) is 9.95. The molecule has 306 valence electrons. The van der Waals surface area contributed by atoms with E-state index in [9.17, 15) is 34.5 Å². The van der Waals surface area contributed by atoms with Crippen molar-refractivity contribution in [1.82, 2.24) is 10.6 Å². The first-order valence-corrected chi connectivity index (χ1v) is 21.4. The first-order valence-electron chi connectivity index (χ1n) is 21.4. The van der Waals surface area contributed by atoms with E-state index in [0.29, 0.717) is 12.8 Å². The highest BCUT2D eigenvalue weighted by atomic mass is 16.5. The number of rotatable bonds is 37. The summed E-state index contributed by atoms with van der Waals surface area (Å²) in [6, 6.07) is -3.04. The molecule has 0 aromatic heterocycles. The topological polar surface area (TPSA) is 162 Å². The summed E-state index contributed by atoms with van der Waals surface area (Å²) in [5, 5.41) is 33.9. The Morgan fingerprint density at radius 3 is 1.25 bits per heavy atom. The Bertz CT molecular complexity index is 897. The molecule has 0 rings (SSSR count). The van der Waals surface area contributed by atoms with Crippen LogP contribution in [-0.4, -0.2) is 69.5 Å². The molecule has 0 fully saturated rings. The number of esters is 1. The number of carbonyl (C=O) groups is 4. The van der Waals surface area contributed by atoms with Gasteiger partial charge in [-0.25, -0.2) is 4.79 Å². The van der Waals surface area contributed by atoms with Gasteiger partial charge in [-0.05, 0) is 33.1 Å². The molecule has 0 saturated heterocycles. The van der Waals surface area contributed by atoms with Gasteiger partial charge in [0, 0.05) is 6.42 Å². The molecule has 0 aliphatic rings. The molecule has 2 amide bonds. The zero-order valence-corrected chi connectivity index (χ0v) is 33.8. The molecule has 0 bridgehead atoms. The third-order valence-corrected chi connectivity index (χ3v) is 9.95. The predicted molar refractivity (Wildman–Crippen MR) is 210 cm³/mol. The number of carbonyl (C=O) groups excluding carboxylic acids is 3. The number of aliphatic carboxylic acids is 1. The number of carboxylic acids is 1. The lowest BCUT2D eigenvalue weighted by Crippen LogP contribution is -2.58. The summed E-state index contributed by atoms with van der Waals surface area (Å²) >= 11 is 0. The van der Waals surface area contributed by atoms with Gasteiger partial charge in [-0.3, -0.25) is 14.4 Å². The van der Waals surface area contributed by atoms with Crippen LogP contribution in [0.3, 0.4) is 0 Å². The maximum atomic E-state index is 13.1. The molecular formula is C42H80N2O8. The SMILES string of the molecule is CCCCCCCCCCCCCCCC(=O)OC(CCCCCCCCCCCCCCC)CC(=O)NC(C(=O)NC(C(=O)O)C(C)O)C(C)O. The third kappa shape index (κ3) is 29.3. The van der Waals surface area contributed by atoms with E-state index in [1.165, 1.54) is 136 Å². The number of aliphatic hydroxyl groups is 2. The molecule has 0 heterocycles. The van der Waals surface area contributed by atoms with Gasteiger partial charge in [-0.15, -0.1) is 0 Å². The van der Waals surface area contributed by atoms with Gasteiger partial charge in [0.15, 0.2) is 6.04 Å². The van der Waals surface area contributed by atoms with E-state index in [1.807, 2.05) is 0 Å². The molecule has 0 saturated carbocycles. The van der Waals surface area contributed by atoms with Crippen molar-refractivity contribution in [3.63, 3.8) is 0 Å². The lowest BCUT2D eigenvalue weighted by atomic mass is 10.0. The summed E-state index contributed by atoms with van der Waals surface area (Å²) in [5.41, 5.74) is 0. The van der Waals surface area contributed by atoms with Crippen molar-refractivity contribution in [3.8, 4) is 0 Å². The van der Waals surface area contributed by atoms with Gasteiger partial charge < -0.3 is 30.7 Å². The normalized spacial score (nSPS) is 14.3. The summed E-state index contributed by atoms with van der Waals surface area (Å²) in [4.78, 5) is 50.1. The molecule has 0 aliphatic carbocycles. The maximum absolute atomic E-state index is 13.1. The van der Waals surface area contributed by atoms with E-state index in [1.54, 1.807) is 0 Å². The Morgan fingerprint density at radius 1 is 0.519 bits per heavy atom. The van der Waals surface area contributed by atoms with E-state index >= 15 is 0 Å². The number of hydrogen-bond acceptors (Lipinski definition) is 7. The highest BCUT2D eigenvalue weighted by Gasteiger charge is 2.32. The Hall–Kier alpha value is -2.20. The van der Waals surface area contributed by atoms with E-state index in [0.717, 1.165) is 44.9 Å². The molecule has 10 heteroatoms. The van der Waals surface area contributed by atoms with Crippen molar-refractivity contribution >= 4 is 23.8 Å².